The third kappa shape index (κ3) is 13.8. The second kappa shape index (κ2) is 25.7. The van der Waals surface area contributed by atoms with Crippen molar-refractivity contribution in [2.45, 2.75) is 239 Å². The number of nitrogens with two attached hydrogens (primary N) is 2. The third-order valence-electron chi connectivity index (χ3n) is 18.4. The first-order valence-electron chi connectivity index (χ1n) is 29.6. The van der Waals surface area contributed by atoms with E-state index in [-0.39, 0.29) is 124 Å². The Kier molecular flexibility index (Phi) is 18.9. The van der Waals surface area contributed by atoms with Gasteiger partial charge in [0.2, 0.25) is 11.8 Å². The van der Waals surface area contributed by atoms with E-state index in [4.69, 9.17) is 58.8 Å². The van der Waals surface area contributed by atoms with Crippen molar-refractivity contribution in [2.24, 2.45) is 29.2 Å². The van der Waals surface area contributed by atoms with Crippen LogP contribution in [0.5, 0.6) is 0 Å². The number of fused-ring (bicyclic) bond motifs is 6. The Morgan fingerprint density at radius 3 is 2.30 bits per heavy atom. The van der Waals surface area contributed by atoms with Gasteiger partial charge in [0.05, 0.1) is 73.2 Å². The van der Waals surface area contributed by atoms with Gasteiger partial charge in [0.1, 0.15) is 49.0 Å². The number of anilines is 1. The topological polar surface area (TPSA) is 298 Å². The highest BCUT2D eigenvalue weighted by molar-refractivity contribution is 5.97. The molecule has 0 radical (unpaired) electrons. The maximum absolute atomic E-state index is 14.5. The maximum Gasteiger partial charge on any atom is 0.407 e. The van der Waals surface area contributed by atoms with E-state index in [0.29, 0.717) is 49.8 Å². The molecule has 1 spiro atoms. The van der Waals surface area contributed by atoms with E-state index < -0.39 is 84.4 Å². The van der Waals surface area contributed by atoms with Crippen molar-refractivity contribution in [1.29, 1.82) is 0 Å². The zero-order valence-electron chi connectivity index (χ0n) is 47.3. The molecule has 12 bridgehead atoms. The number of urea groups is 1. The fourth-order valence-electron chi connectivity index (χ4n) is 13.9. The van der Waals surface area contributed by atoms with Crippen molar-refractivity contribution >= 4 is 35.4 Å². The number of primary amides is 1. The number of ether oxygens (including phenoxy) is 10. The standard InChI is InChI=1S/C59H86N6O16/c1-29(2)48(60)56(69)65-41(8-7-19-62-57(61)70)55(68)64-34-11-9-33(10-12-34)28-73-58(71)63-27-36(67)24-46-49(72-6)40-23-35(66)22-38-14-16-43-50(76-38)54-53-52(78-43)51-47(79-53)26-59(80-51,81-54)18-17-39-21-31(4)42(74-39)15-13-37-20-30(3)32(5)44(75-37)25-45(40)77-46/h9-12,29-30,36-54,67H,4-5,7-8,13-28,60H2,1-3,6H3,(H,63,71)(H,64,68)(H,65,69)(H3,61,62,70)/t30-,36+,37+,38-,39+,40+,41+,42+,43+,44-,45+,46-,47?,48+,49-,50+,51+,52?,53?,54+,59+/m1/s1. The number of nitrogens with one attached hydrogen (secondary N) is 4. The number of aliphatic hydroxyl groups is 1. The Hall–Kier alpha value is -4.59. The van der Waals surface area contributed by atoms with Crippen LogP contribution in [0, 0.1) is 17.8 Å². The number of carbonyl (C=O) groups is 5. The normalized spacial score (nSPS) is 38.3. The molecule has 10 fully saturated rings. The molecule has 9 N–H and O–H groups in total. The van der Waals surface area contributed by atoms with Crippen molar-refractivity contribution in [3.05, 3.63) is 54.1 Å². The predicted octanol–water partition coefficient (Wildman–Crippen LogP) is 4.26. The lowest BCUT2D eigenvalue weighted by atomic mass is 9.81. The molecule has 10 heterocycles. The summed E-state index contributed by atoms with van der Waals surface area (Å²) in [6, 6.07) is 4.17. The van der Waals surface area contributed by atoms with Crippen LogP contribution in [0.2, 0.25) is 0 Å². The molecule has 81 heavy (non-hydrogen) atoms. The Balaban J connectivity index is 0.762. The summed E-state index contributed by atoms with van der Waals surface area (Å²) in [4.78, 5) is 64.7. The fraction of sp³-hybridized carbons (Fsp3) is 0.746. The third-order valence-corrected chi connectivity index (χ3v) is 18.4. The van der Waals surface area contributed by atoms with Gasteiger partial charge in [-0.25, -0.2) is 9.59 Å². The summed E-state index contributed by atoms with van der Waals surface area (Å²) >= 11 is 0. The van der Waals surface area contributed by atoms with E-state index in [9.17, 15) is 29.1 Å². The number of methoxy groups -OCH3 is 1. The zero-order chi connectivity index (χ0) is 57.3. The first-order valence-corrected chi connectivity index (χ1v) is 29.6. The quantitative estimate of drug-likeness (QED) is 0.0899. The van der Waals surface area contributed by atoms with Gasteiger partial charge in [-0.3, -0.25) is 14.4 Å². The van der Waals surface area contributed by atoms with Gasteiger partial charge in [-0.15, -0.1) is 0 Å². The van der Waals surface area contributed by atoms with E-state index in [1.165, 1.54) is 0 Å². The summed E-state index contributed by atoms with van der Waals surface area (Å²) in [6.45, 7) is 14.7. The van der Waals surface area contributed by atoms with Gasteiger partial charge < -0.3 is 85.2 Å². The van der Waals surface area contributed by atoms with Gasteiger partial charge in [-0.1, -0.05) is 46.1 Å². The van der Waals surface area contributed by atoms with E-state index in [1.807, 2.05) is 0 Å². The van der Waals surface area contributed by atoms with Crippen LogP contribution in [0.3, 0.4) is 0 Å². The molecule has 22 nitrogen and oxygen atoms in total. The summed E-state index contributed by atoms with van der Waals surface area (Å²) in [7, 11) is 1.59. The first kappa shape index (κ1) is 59.6. The van der Waals surface area contributed by atoms with Crippen LogP contribution in [0.15, 0.2) is 48.6 Å². The van der Waals surface area contributed by atoms with Gasteiger partial charge in [0, 0.05) is 70.3 Å². The number of benzene rings is 1. The lowest BCUT2D eigenvalue weighted by molar-refractivity contribution is -0.292. The summed E-state index contributed by atoms with van der Waals surface area (Å²) in [5, 5.41) is 22.1. The highest BCUT2D eigenvalue weighted by atomic mass is 16.8. The number of amides is 5. The zero-order valence-corrected chi connectivity index (χ0v) is 47.3. The highest BCUT2D eigenvalue weighted by Crippen LogP contribution is 2.54. The molecule has 10 aliphatic heterocycles. The molecule has 21 atom stereocenters. The van der Waals surface area contributed by atoms with Crippen molar-refractivity contribution in [3.63, 3.8) is 0 Å². The van der Waals surface area contributed by atoms with Crippen LogP contribution in [0.4, 0.5) is 15.3 Å². The number of hydrogen-bond acceptors (Lipinski definition) is 17. The van der Waals surface area contributed by atoms with Crippen molar-refractivity contribution in [1.82, 2.24) is 16.0 Å². The number of aliphatic hydroxyl groups excluding tert-OH is 1. The first-order chi connectivity index (χ1) is 38.8. The van der Waals surface area contributed by atoms with Crippen molar-refractivity contribution in [3.8, 4) is 0 Å². The molecule has 3 unspecified atom stereocenters. The van der Waals surface area contributed by atoms with Gasteiger partial charge >= 0.3 is 12.1 Å². The molecule has 448 valence electrons. The molecule has 1 aromatic rings. The molecule has 10 saturated heterocycles. The number of carbonyl (C=O) groups excluding carboxylic acids is 5. The summed E-state index contributed by atoms with van der Waals surface area (Å²) in [5.74, 6) is -2.16. The molecular formula is C59H86N6O16. The minimum atomic E-state index is -1.07. The van der Waals surface area contributed by atoms with Crippen molar-refractivity contribution < 1.29 is 76.4 Å². The minimum Gasteiger partial charge on any atom is -0.445 e. The second-order valence-corrected chi connectivity index (χ2v) is 24.6. The minimum absolute atomic E-state index is 0.0112. The largest absolute Gasteiger partial charge is 0.445 e. The molecule has 10 aliphatic rings. The van der Waals surface area contributed by atoms with Gasteiger partial charge in [-0.05, 0) is 98.5 Å². The molecule has 22 heteroatoms. The fourth-order valence-corrected chi connectivity index (χ4v) is 13.9. The maximum atomic E-state index is 14.5. The van der Waals surface area contributed by atoms with E-state index in [2.05, 4.69) is 41.3 Å². The average Bonchev–Trinajstić information content (AvgIpc) is 3.90. The van der Waals surface area contributed by atoms with Crippen LogP contribution < -0.4 is 32.7 Å². The molecule has 5 amide bonds. The Morgan fingerprint density at radius 2 is 1.53 bits per heavy atom. The molecule has 0 aromatic heterocycles. The van der Waals surface area contributed by atoms with Crippen LogP contribution in [0.1, 0.15) is 123 Å². The number of hydrogen-bond donors (Lipinski definition) is 7. The van der Waals surface area contributed by atoms with E-state index >= 15 is 0 Å². The molecule has 11 rings (SSSR count). The summed E-state index contributed by atoms with van der Waals surface area (Å²) in [5.41, 5.74) is 14.3. The lowest BCUT2D eigenvalue weighted by Gasteiger charge is -2.47. The smallest absolute Gasteiger partial charge is 0.407 e. The Bertz CT molecular complexity index is 2450. The SMILES string of the molecule is C=C1C[C@@H]2CC[C@@]34CC5OC6C(O[C@H]7CC[C@H](CC(=O)C[C@@H]8[C@@H](OC)[C@@H](C[C@H](O)CNC(=O)OCc9ccc(NC(=O)[C@H](CCCNC(N)=O)NC(=O)[C@@H](N)C(C)C)cc9)O[C@H]8C[C@H]8O[C@@H](CC[C@@H]1O2)C[C@@H](C)C8=C)O[C@@H]7[C@@H]6O3)[C@H]5O4. The Morgan fingerprint density at radius 1 is 0.802 bits per heavy atom. The number of Topliss-reactive ketones (excluding diaryl/α,β-unsaturated/α-hetero) is 1. The Labute approximate surface area is 474 Å². The van der Waals surface area contributed by atoms with Crippen LogP contribution >= 0.6 is 0 Å². The second-order valence-electron chi connectivity index (χ2n) is 24.6. The lowest BCUT2D eigenvalue weighted by Crippen LogP contribution is -2.61. The number of ketones is 1. The summed E-state index contributed by atoms with van der Waals surface area (Å²) in [6.07, 6.45) is 1.63. The predicted molar refractivity (Wildman–Crippen MR) is 292 cm³/mol. The van der Waals surface area contributed by atoms with Gasteiger partial charge in [0.15, 0.2) is 5.79 Å². The molecular weight excluding hydrogens is 1050 g/mol. The van der Waals surface area contributed by atoms with Gasteiger partial charge in [0.25, 0.3) is 0 Å². The average molecular weight is 1140 g/mol. The highest BCUT2D eigenvalue weighted by Gasteiger charge is 2.69. The van der Waals surface area contributed by atoms with E-state index in [0.717, 1.165) is 43.3 Å². The monoisotopic (exact) mass is 1130 g/mol. The van der Waals surface area contributed by atoms with Crippen LogP contribution in [0.25, 0.3) is 0 Å². The number of alkyl carbamates (subject to hydrolysis) is 1. The molecule has 0 aliphatic carbocycles. The van der Waals surface area contributed by atoms with Crippen LogP contribution in [-0.2, 0) is 68.4 Å². The molecule has 1 aromatic carbocycles. The summed E-state index contributed by atoms with van der Waals surface area (Å²) < 4.78 is 66.2. The van der Waals surface area contributed by atoms with E-state index in [1.54, 1.807) is 45.2 Å². The van der Waals surface area contributed by atoms with Gasteiger partial charge in [-0.2, -0.15) is 0 Å². The number of rotatable bonds is 16. The molecule has 0 saturated carbocycles. The van der Waals surface area contributed by atoms with Crippen molar-refractivity contribution in [2.75, 3.05) is 25.5 Å². The van der Waals surface area contributed by atoms with Crippen LogP contribution in [-0.4, -0.2) is 171 Å².